The SMILES string of the molecule is COC(=O)CCP(CCC(=O)O)C(C)C. The van der Waals surface area contributed by atoms with Gasteiger partial charge >= 0.3 is 11.9 Å². The van der Waals surface area contributed by atoms with Crippen LogP contribution in [0.25, 0.3) is 0 Å². The van der Waals surface area contributed by atoms with Gasteiger partial charge in [-0.3, -0.25) is 9.59 Å². The Labute approximate surface area is 91.8 Å². The highest BCUT2D eigenvalue weighted by Gasteiger charge is 2.15. The van der Waals surface area contributed by atoms with Crippen LogP contribution < -0.4 is 0 Å². The van der Waals surface area contributed by atoms with Gasteiger partial charge in [-0.1, -0.05) is 13.8 Å². The summed E-state index contributed by atoms with van der Waals surface area (Å²) in [6.45, 7) is 4.15. The van der Waals surface area contributed by atoms with Crippen molar-refractivity contribution in [2.45, 2.75) is 32.3 Å². The fourth-order valence-corrected chi connectivity index (χ4v) is 3.41. The van der Waals surface area contributed by atoms with E-state index in [9.17, 15) is 9.59 Å². The molecule has 0 saturated heterocycles. The molecule has 0 aliphatic rings. The monoisotopic (exact) mass is 234 g/mol. The van der Waals surface area contributed by atoms with Gasteiger partial charge in [0.25, 0.3) is 0 Å². The van der Waals surface area contributed by atoms with Gasteiger partial charge in [0, 0.05) is 12.8 Å². The molecule has 1 atom stereocenters. The van der Waals surface area contributed by atoms with E-state index in [0.717, 1.165) is 6.16 Å². The number of carbonyl (C=O) groups excluding carboxylic acids is 1. The average Bonchev–Trinajstić information content (AvgIpc) is 2.16. The van der Waals surface area contributed by atoms with Gasteiger partial charge in [-0.15, -0.1) is 7.92 Å². The summed E-state index contributed by atoms with van der Waals surface area (Å²) >= 11 is 0. The molecule has 5 heteroatoms. The van der Waals surface area contributed by atoms with Gasteiger partial charge in [-0.2, -0.15) is 0 Å². The minimum Gasteiger partial charge on any atom is -0.481 e. The zero-order chi connectivity index (χ0) is 11.8. The number of hydrogen-bond acceptors (Lipinski definition) is 3. The second-order valence-corrected chi connectivity index (χ2v) is 6.70. The maximum atomic E-state index is 10.9. The molecule has 0 amide bonds. The first-order chi connectivity index (χ1) is 6.97. The quantitative estimate of drug-likeness (QED) is 0.540. The molecule has 88 valence electrons. The molecule has 0 fully saturated rings. The molecular formula is C10H19O4P. The molecule has 1 unspecified atom stereocenters. The Kier molecular flexibility index (Phi) is 7.31. The fourth-order valence-electron chi connectivity index (χ4n) is 1.20. The Morgan fingerprint density at radius 1 is 1.27 bits per heavy atom. The second-order valence-electron chi connectivity index (χ2n) is 3.60. The molecule has 1 N–H and O–H groups in total. The molecule has 4 nitrogen and oxygen atoms in total. The van der Waals surface area contributed by atoms with Crippen molar-refractivity contribution in [3.8, 4) is 0 Å². The first kappa shape index (κ1) is 14.4. The van der Waals surface area contributed by atoms with Crippen molar-refractivity contribution in [3.63, 3.8) is 0 Å². The minimum atomic E-state index is -0.763. The molecule has 0 saturated carbocycles. The Hall–Kier alpha value is -0.630. The zero-order valence-electron chi connectivity index (χ0n) is 9.52. The molecular weight excluding hydrogens is 215 g/mol. The van der Waals surface area contributed by atoms with Crippen LogP contribution in [0.1, 0.15) is 26.7 Å². The van der Waals surface area contributed by atoms with Crippen molar-refractivity contribution in [3.05, 3.63) is 0 Å². The Morgan fingerprint density at radius 3 is 2.20 bits per heavy atom. The van der Waals surface area contributed by atoms with Crippen molar-refractivity contribution >= 4 is 19.9 Å². The third-order valence-electron chi connectivity index (χ3n) is 2.17. The molecule has 0 spiro atoms. The lowest BCUT2D eigenvalue weighted by Gasteiger charge is -2.20. The first-order valence-electron chi connectivity index (χ1n) is 5.00. The third-order valence-corrected chi connectivity index (χ3v) is 5.23. The number of carbonyl (C=O) groups is 2. The van der Waals surface area contributed by atoms with Crippen molar-refractivity contribution in [2.24, 2.45) is 0 Å². The normalized spacial score (nSPS) is 12.5. The molecule has 0 radical (unpaired) electrons. The third kappa shape index (κ3) is 7.32. The first-order valence-corrected chi connectivity index (χ1v) is 6.78. The Bertz CT molecular complexity index is 215. The van der Waals surface area contributed by atoms with Gasteiger partial charge in [0.1, 0.15) is 0 Å². The van der Waals surface area contributed by atoms with E-state index in [1.807, 2.05) is 0 Å². The Morgan fingerprint density at radius 2 is 1.80 bits per heavy atom. The van der Waals surface area contributed by atoms with Crippen LogP contribution in [0, 0.1) is 0 Å². The molecule has 0 aromatic rings. The van der Waals surface area contributed by atoms with E-state index in [4.69, 9.17) is 5.11 Å². The van der Waals surface area contributed by atoms with Crippen molar-refractivity contribution in [1.82, 2.24) is 0 Å². The summed E-state index contributed by atoms with van der Waals surface area (Å²) < 4.78 is 4.56. The van der Waals surface area contributed by atoms with E-state index in [2.05, 4.69) is 18.6 Å². The van der Waals surface area contributed by atoms with Crippen LogP contribution >= 0.6 is 7.92 Å². The lowest BCUT2D eigenvalue weighted by Crippen LogP contribution is -2.09. The van der Waals surface area contributed by atoms with Crippen LogP contribution in [0.3, 0.4) is 0 Å². The summed E-state index contributed by atoms with van der Waals surface area (Å²) in [6, 6.07) is 0. The number of carboxylic acids is 1. The highest BCUT2D eigenvalue weighted by molar-refractivity contribution is 7.58. The van der Waals surface area contributed by atoms with E-state index in [-0.39, 0.29) is 20.3 Å². The highest BCUT2D eigenvalue weighted by Crippen LogP contribution is 2.42. The highest BCUT2D eigenvalue weighted by atomic mass is 31.1. The van der Waals surface area contributed by atoms with Crippen LogP contribution in [0.2, 0.25) is 0 Å². The average molecular weight is 234 g/mol. The molecule has 15 heavy (non-hydrogen) atoms. The largest absolute Gasteiger partial charge is 0.481 e. The number of ether oxygens (including phenoxy) is 1. The lowest BCUT2D eigenvalue weighted by molar-refractivity contribution is -0.140. The van der Waals surface area contributed by atoms with Crippen molar-refractivity contribution < 1.29 is 19.4 Å². The van der Waals surface area contributed by atoms with E-state index in [0.29, 0.717) is 18.2 Å². The number of rotatable bonds is 7. The Balaban J connectivity index is 3.93. The summed E-state index contributed by atoms with van der Waals surface area (Å²) in [4.78, 5) is 21.4. The van der Waals surface area contributed by atoms with Crippen LogP contribution in [0.4, 0.5) is 0 Å². The van der Waals surface area contributed by atoms with Gasteiger partial charge in [0.15, 0.2) is 0 Å². The zero-order valence-corrected chi connectivity index (χ0v) is 10.4. The van der Waals surface area contributed by atoms with Gasteiger partial charge in [0.2, 0.25) is 0 Å². The molecule has 0 rings (SSSR count). The number of aliphatic carboxylic acids is 1. The topological polar surface area (TPSA) is 63.6 Å². The standard InChI is InChI=1S/C10H19O4P/c1-8(2)15(6-4-9(11)12)7-5-10(13)14-3/h8H,4-7H2,1-3H3,(H,11,12). The summed E-state index contributed by atoms with van der Waals surface area (Å²) in [7, 11) is 1.00. The molecule has 0 bridgehead atoms. The summed E-state index contributed by atoms with van der Waals surface area (Å²) in [5, 5.41) is 8.59. The molecule has 0 aliphatic carbocycles. The maximum absolute atomic E-state index is 10.9. The smallest absolute Gasteiger partial charge is 0.305 e. The van der Waals surface area contributed by atoms with Gasteiger partial charge in [-0.25, -0.2) is 0 Å². The van der Waals surface area contributed by atoms with Gasteiger partial charge < -0.3 is 9.84 Å². The van der Waals surface area contributed by atoms with Crippen molar-refractivity contribution in [2.75, 3.05) is 19.4 Å². The van der Waals surface area contributed by atoms with Crippen LogP contribution in [-0.4, -0.2) is 42.1 Å². The number of methoxy groups -OCH3 is 1. The second kappa shape index (κ2) is 7.63. The van der Waals surface area contributed by atoms with Gasteiger partial charge in [-0.05, 0) is 18.0 Å². The number of esters is 1. The van der Waals surface area contributed by atoms with E-state index >= 15 is 0 Å². The number of hydrogen-bond donors (Lipinski definition) is 1. The van der Waals surface area contributed by atoms with Crippen molar-refractivity contribution in [1.29, 1.82) is 0 Å². The van der Waals surface area contributed by atoms with Crippen LogP contribution in [0.5, 0.6) is 0 Å². The van der Waals surface area contributed by atoms with E-state index < -0.39 is 5.97 Å². The van der Waals surface area contributed by atoms with E-state index in [1.165, 1.54) is 7.11 Å². The molecule has 0 aliphatic heterocycles. The predicted octanol–water partition coefficient (Wildman–Crippen LogP) is 1.91. The molecule has 0 aromatic heterocycles. The summed E-state index contributed by atoms with van der Waals surface area (Å²) in [5.41, 5.74) is 0.462. The fraction of sp³-hybridized carbons (Fsp3) is 0.800. The lowest BCUT2D eigenvalue weighted by atomic mass is 10.5. The summed E-state index contributed by atoms with van der Waals surface area (Å²) in [6.07, 6.45) is 2.07. The molecule has 0 aromatic carbocycles. The van der Waals surface area contributed by atoms with Gasteiger partial charge in [0.05, 0.1) is 7.11 Å². The summed E-state index contributed by atoms with van der Waals surface area (Å²) in [5.74, 6) is -0.973. The molecule has 0 heterocycles. The van der Waals surface area contributed by atoms with Crippen LogP contribution in [-0.2, 0) is 14.3 Å². The number of carboxylic acid groups (broad SMARTS) is 1. The van der Waals surface area contributed by atoms with E-state index in [1.54, 1.807) is 0 Å². The van der Waals surface area contributed by atoms with Crippen LogP contribution in [0.15, 0.2) is 0 Å². The maximum Gasteiger partial charge on any atom is 0.305 e. The predicted molar refractivity (Wildman–Crippen MR) is 60.7 cm³/mol. The minimum absolute atomic E-state index is 0.199.